The van der Waals surface area contributed by atoms with E-state index in [4.69, 9.17) is 5.73 Å². The number of hydrogen-bond donors (Lipinski definition) is 1. The Kier molecular flexibility index (Phi) is 4.97. The molecule has 2 N–H and O–H groups in total. The van der Waals surface area contributed by atoms with E-state index in [1.165, 1.54) is 69.0 Å². The van der Waals surface area contributed by atoms with Crippen LogP contribution in [0.2, 0.25) is 0 Å². The number of fused-ring (bicyclic) bond motifs is 1. The highest BCUT2D eigenvalue weighted by Crippen LogP contribution is 2.33. The topological polar surface area (TPSA) is 29.3 Å². The number of rotatable bonds is 2. The minimum Gasteiger partial charge on any atom is -0.323 e. The van der Waals surface area contributed by atoms with E-state index in [1.54, 1.807) is 0 Å². The van der Waals surface area contributed by atoms with Crippen LogP contribution in [0.25, 0.3) is 0 Å². The van der Waals surface area contributed by atoms with E-state index >= 15 is 0 Å². The van der Waals surface area contributed by atoms with Gasteiger partial charge < -0.3 is 5.73 Å². The predicted octanol–water partition coefficient (Wildman–Crippen LogP) is 4.05. The first kappa shape index (κ1) is 15.1. The Bertz CT molecular complexity index is 457. The lowest BCUT2D eigenvalue weighted by Gasteiger charge is -2.39. The molecule has 0 spiro atoms. The van der Waals surface area contributed by atoms with Crippen molar-refractivity contribution in [1.82, 2.24) is 4.90 Å². The van der Waals surface area contributed by atoms with Gasteiger partial charge in [-0.2, -0.15) is 0 Å². The standard InChI is InChI=1S/C19H30N2/c1-2-16-11-4-3-7-14-21(16)18-13-8-10-15-9-5-6-12-17(15)19(18)20/h5-6,9,12,16,18-19H,2-4,7-8,10-11,13-14,20H2,1H3. The van der Waals surface area contributed by atoms with Crippen LogP contribution in [0.4, 0.5) is 0 Å². The van der Waals surface area contributed by atoms with Crippen LogP contribution in [0, 0.1) is 0 Å². The maximum Gasteiger partial charge on any atom is 0.0455 e. The van der Waals surface area contributed by atoms with Crippen LogP contribution in [-0.2, 0) is 6.42 Å². The van der Waals surface area contributed by atoms with Gasteiger partial charge in [0.05, 0.1) is 0 Å². The van der Waals surface area contributed by atoms with Crippen molar-refractivity contribution in [2.45, 2.75) is 76.4 Å². The molecule has 21 heavy (non-hydrogen) atoms. The predicted molar refractivity (Wildman–Crippen MR) is 89.3 cm³/mol. The molecule has 2 nitrogen and oxygen atoms in total. The lowest BCUT2D eigenvalue weighted by Crippen LogP contribution is -2.47. The molecule has 1 heterocycles. The average molecular weight is 286 g/mol. The molecule has 1 aliphatic heterocycles. The van der Waals surface area contributed by atoms with Gasteiger partial charge in [-0.05, 0) is 56.2 Å². The van der Waals surface area contributed by atoms with Crippen molar-refractivity contribution >= 4 is 0 Å². The first-order valence-corrected chi connectivity index (χ1v) is 8.90. The highest BCUT2D eigenvalue weighted by atomic mass is 15.2. The van der Waals surface area contributed by atoms with E-state index in [0.29, 0.717) is 6.04 Å². The second-order valence-corrected chi connectivity index (χ2v) is 6.83. The molecule has 0 amide bonds. The molecule has 1 fully saturated rings. The van der Waals surface area contributed by atoms with Gasteiger partial charge in [-0.25, -0.2) is 0 Å². The molecule has 1 aromatic carbocycles. The molecule has 116 valence electrons. The van der Waals surface area contributed by atoms with Crippen LogP contribution in [-0.4, -0.2) is 23.5 Å². The van der Waals surface area contributed by atoms with Crippen LogP contribution in [0.3, 0.4) is 0 Å². The summed E-state index contributed by atoms with van der Waals surface area (Å²) in [5.74, 6) is 0. The van der Waals surface area contributed by atoms with Crippen LogP contribution in [0.5, 0.6) is 0 Å². The molecule has 0 radical (unpaired) electrons. The quantitative estimate of drug-likeness (QED) is 0.831. The van der Waals surface area contributed by atoms with Gasteiger partial charge in [0.2, 0.25) is 0 Å². The van der Waals surface area contributed by atoms with Gasteiger partial charge in [-0.3, -0.25) is 4.90 Å². The number of aryl methyl sites for hydroxylation is 1. The molecule has 2 heteroatoms. The number of nitrogens with two attached hydrogens (primary N) is 1. The van der Waals surface area contributed by atoms with E-state index in [2.05, 4.69) is 36.1 Å². The summed E-state index contributed by atoms with van der Waals surface area (Å²) < 4.78 is 0. The van der Waals surface area contributed by atoms with Crippen molar-refractivity contribution in [3.63, 3.8) is 0 Å². The molecular weight excluding hydrogens is 256 g/mol. The first-order chi connectivity index (χ1) is 10.3. The summed E-state index contributed by atoms with van der Waals surface area (Å²) in [6.07, 6.45) is 10.5. The Hall–Kier alpha value is -0.860. The summed E-state index contributed by atoms with van der Waals surface area (Å²) in [7, 11) is 0. The molecule has 0 bridgehead atoms. The summed E-state index contributed by atoms with van der Waals surface area (Å²) in [6, 6.07) is 10.3. The molecule has 1 aliphatic carbocycles. The smallest absolute Gasteiger partial charge is 0.0455 e. The van der Waals surface area contributed by atoms with Crippen LogP contribution >= 0.6 is 0 Å². The minimum atomic E-state index is 0.191. The van der Waals surface area contributed by atoms with Crippen LogP contribution in [0.1, 0.15) is 69.0 Å². The normalized spacial score (nSPS) is 31.2. The van der Waals surface area contributed by atoms with Gasteiger partial charge in [0.25, 0.3) is 0 Å². The molecule has 1 aromatic rings. The molecular formula is C19H30N2. The van der Waals surface area contributed by atoms with E-state index in [0.717, 1.165) is 6.04 Å². The number of benzene rings is 1. The second kappa shape index (κ2) is 6.93. The van der Waals surface area contributed by atoms with Crippen molar-refractivity contribution in [3.8, 4) is 0 Å². The maximum absolute atomic E-state index is 6.75. The first-order valence-electron chi connectivity index (χ1n) is 8.90. The van der Waals surface area contributed by atoms with E-state index in [-0.39, 0.29) is 6.04 Å². The fraction of sp³-hybridized carbons (Fsp3) is 0.684. The molecule has 3 unspecified atom stereocenters. The number of hydrogen-bond acceptors (Lipinski definition) is 2. The minimum absolute atomic E-state index is 0.191. The molecule has 3 atom stereocenters. The van der Waals surface area contributed by atoms with Gasteiger partial charge in [0, 0.05) is 18.1 Å². The van der Waals surface area contributed by atoms with Crippen molar-refractivity contribution in [2.24, 2.45) is 5.73 Å². The van der Waals surface area contributed by atoms with Crippen molar-refractivity contribution in [3.05, 3.63) is 35.4 Å². The lowest BCUT2D eigenvalue weighted by atomic mass is 9.94. The lowest BCUT2D eigenvalue weighted by molar-refractivity contribution is 0.107. The molecule has 0 aromatic heterocycles. The third kappa shape index (κ3) is 3.17. The van der Waals surface area contributed by atoms with Gasteiger partial charge in [0.1, 0.15) is 0 Å². The third-order valence-electron chi connectivity index (χ3n) is 5.59. The zero-order valence-corrected chi connectivity index (χ0v) is 13.4. The summed E-state index contributed by atoms with van der Waals surface area (Å²) in [5, 5.41) is 0. The van der Waals surface area contributed by atoms with Gasteiger partial charge in [-0.1, -0.05) is 44.0 Å². The maximum atomic E-state index is 6.75. The van der Waals surface area contributed by atoms with E-state index < -0.39 is 0 Å². The largest absolute Gasteiger partial charge is 0.323 e. The highest BCUT2D eigenvalue weighted by Gasteiger charge is 2.33. The van der Waals surface area contributed by atoms with Crippen LogP contribution < -0.4 is 5.73 Å². The third-order valence-corrected chi connectivity index (χ3v) is 5.59. The molecule has 3 rings (SSSR count). The second-order valence-electron chi connectivity index (χ2n) is 6.83. The average Bonchev–Trinajstić information content (AvgIpc) is 2.84. The van der Waals surface area contributed by atoms with Gasteiger partial charge >= 0.3 is 0 Å². The summed E-state index contributed by atoms with van der Waals surface area (Å²) in [5.41, 5.74) is 9.63. The van der Waals surface area contributed by atoms with E-state index in [9.17, 15) is 0 Å². The van der Waals surface area contributed by atoms with Crippen LogP contribution in [0.15, 0.2) is 24.3 Å². The fourth-order valence-corrected chi connectivity index (χ4v) is 4.42. The molecule has 0 saturated carbocycles. The molecule has 2 aliphatic rings. The Morgan fingerprint density at radius 1 is 1.10 bits per heavy atom. The highest BCUT2D eigenvalue weighted by molar-refractivity contribution is 5.32. The Balaban J connectivity index is 1.86. The van der Waals surface area contributed by atoms with Crippen molar-refractivity contribution in [2.75, 3.05) is 6.54 Å². The summed E-state index contributed by atoms with van der Waals surface area (Å²) in [4.78, 5) is 2.78. The Labute approximate surface area is 129 Å². The number of nitrogens with zero attached hydrogens (tertiary/aromatic N) is 1. The van der Waals surface area contributed by atoms with Gasteiger partial charge in [0.15, 0.2) is 0 Å². The Morgan fingerprint density at radius 2 is 1.95 bits per heavy atom. The van der Waals surface area contributed by atoms with Crippen molar-refractivity contribution < 1.29 is 0 Å². The van der Waals surface area contributed by atoms with Crippen molar-refractivity contribution in [1.29, 1.82) is 0 Å². The zero-order valence-electron chi connectivity index (χ0n) is 13.4. The zero-order chi connectivity index (χ0) is 14.7. The SMILES string of the molecule is CCC1CCCCCN1C1CCCc2ccccc2C1N. The summed E-state index contributed by atoms with van der Waals surface area (Å²) >= 11 is 0. The fourth-order valence-electron chi connectivity index (χ4n) is 4.42. The van der Waals surface area contributed by atoms with Gasteiger partial charge in [-0.15, -0.1) is 0 Å². The monoisotopic (exact) mass is 286 g/mol. The Morgan fingerprint density at radius 3 is 2.81 bits per heavy atom. The van der Waals surface area contributed by atoms with E-state index in [1.807, 2.05) is 0 Å². The number of likely N-dealkylation sites (tertiary alicyclic amines) is 1. The molecule has 1 saturated heterocycles. The summed E-state index contributed by atoms with van der Waals surface area (Å²) in [6.45, 7) is 3.60.